The van der Waals surface area contributed by atoms with Crippen molar-refractivity contribution in [3.05, 3.63) is 75.0 Å². The van der Waals surface area contributed by atoms with Gasteiger partial charge in [0.1, 0.15) is 6.54 Å². The third-order valence-corrected chi connectivity index (χ3v) is 6.48. The van der Waals surface area contributed by atoms with E-state index in [1.54, 1.807) is 23.7 Å². The van der Waals surface area contributed by atoms with E-state index in [-0.39, 0.29) is 35.8 Å². The van der Waals surface area contributed by atoms with E-state index in [0.717, 1.165) is 5.69 Å². The highest BCUT2D eigenvalue weighted by molar-refractivity contribution is 7.13. The van der Waals surface area contributed by atoms with Crippen LogP contribution < -0.4 is 10.6 Å². The summed E-state index contributed by atoms with van der Waals surface area (Å²) in [7, 11) is 0. The van der Waals surface area contributed by atoms with Crippen LogP contribution in [0, 0.1) is 0 Å². The summed E-state index contributed by atoms with van der Waals surface area (Å²) in [6.45, 7) is 3.94. The highest BCUT2D eigenvalue weighted by atomic mass is 35.5. The van der Waals surface area contributed by atoms with Gasteiger partial charge in [0.05, 0.1) is 22.2 Å². The van der Waals surface area contributed by atoms with E-state index in [0.29, 0.717) is 34.4 Å². The van der Waals surface area contributed by atoms with Gasteiger partial charge in [-0.1, -0.05) is 29.3 Å². The molecule has 0 saturated carbocycles. The van der Waals surface area contributed by atoms with Crippen molar-refractivity contribution in [2.24, 2.45) is 0 Å². The molecule has 0 unspecified atom stereocenters. The first kappa shape index (κ1) is 26.6. The molecule has 3 amide bonds. The van der Waals surface area contributed by atoms with Gasteiger partial charge in [-0.15, -0.1) is 11.3 Å². The fourth-order valence-corrected chi connectivity index (χ4v) is 4.17. The highest BCUT2D eigenvalue weighted by Crippen LogP contribution is 2.24. The van der Waals surface area contributed by atoms with Crippen molar-refractivity contribution in [2.75, 3.05) is 18.4 Å². The third-order valence-electron chi connectivity index (χ3n) is 4.93. The number of rotatable bonds is 10. The minimum Gasteiger partial charge on any atom is -0.355 e. The predicted molar refractivity (Wildman–Crippen MR) is 138 cm³/mol. The standard InChI is InChI=1S/C24H25Cl2N5O3S/c1-15(2)31(23(34)16-6-7-19(25)20(26)11-16)13-22(33)30-24-29-18(14-35-24)12-21(32)28-10-8-17-5-3-4-9-27-17/h3-7,9,11,14-15H,8,10,12-13H2,1-2H3,(H,28,32)(H,29,30,33). The monoisotopic (exact) mass is 533 g/mol. The summed E-state index contributed by atoms with van der Waals surface area (Å²) >= 11 is 13.2. The summed E-state index contributed by atoms with van der Waals surface area (Å²) in [5.41, 5.74) is 1.79. The SMILES string of the molecule is CC(C)N(CC(=O)Nc1nc(CC(=O)NCCc2ccccn2)cs1)C(=O)c1ccc(Cl)c(Cl)c1. The average molecular weight is 534 g/mol. The Morgan fingerprint density at radius 3 is 2.54 bits per heavy atom. The van der Waals surface area contributed by atoms with Crippen molar-refractivity contribution >= 4 is 57.4 Å². The Balaban J connectivity index is 1.51. The summed E-state index contributed by atoms with van der Waals surface area (Å²) in [6.07, 6.45) is 2.45. The van der Waals surface area contributed by atoms with Gasteiger partial charge in [-0.25, -0.2) is 4.98 Å². The number of pyridine rings is 1. The number of thiazole rings is 1. The third kappa shape index (κ3) is 8.02. The summed E-state index contributed by atoms with van der Waals surface area (Å²) in [5, 5.41) is 8.23. The maximum atomic E-state index is 12.9. The van der Waals surface area contributed by atoms with Gasteiger partial charge in [0.2, 0.25) is 11.8 Å². The first-order valence-corrected chi connectivity index (χ1v) is 12.5. The van der Waals surface area contributed by atoms with E-state index in [1.807, 2.05) is 32.0 Å². The minimum atomic E-state index is -0.396. The van der Waals surface area contributed by atoms with Crippen LogP contribution in [-0.2, 0) is 22.4 Å². The predicted octanol–water partition coefficient (Wildman–Crippen LogP) is 4.24. The van der Waals surface area contributed by atoms with Crippen LogP contribution in [-0.4, -0.2) is 51.7 Å². The molecular weight excluding hydrogens is 509 g/mol. The van der Waals surface area contributed by atoms with Crippen molar-refractivity contribution in [1.29, 1.82) is 0 Å². The van der Waals surface area contributed by atoms with Crippen LogP contribution >= 0.6 is 34.5 Å². The zero-order valence-electron chi connectivity index (χ0n) is 19.3. The molecule has 11 heteroatoms. The van der Waals surface area contributed by atoms with Gasteiger partial charge in [-0.05, 0) is 44.2 Å². The van der Waals surface area contributed by atoms with Gasteiger partial charge in [0, 0.05) is 41.8 Å². The number of nitrogens with zero attached hydrogens (tertiary/aromatic N) is 3. The molecule has 184 valence electrons. The van der Waals surface area contributed by atoms with Crippen LogP contribution in [0.5, 0.6) is 0 Å². The molecule has 2 N–H and O–H groups in total. The van der Waals surface area contributed by atoms with Crippen LogP contribution in [0.4, 0.5) is 5.13 Å². The number of hydrogen-bond acceptors (Lipinski definition) is 6. The number of amides is 3. The molecule has 0 bridgehead atoms. The van der Waals surface area contributed by atoms with Gasteiger partial charge < -0.3 is 15.5 Å². The highest BCUT2D eigenvalue weighted by Gasteiger charge is 2.23. The number of hydrogen-bond donors (Lipinski definition) is 2. The van der Waals surface area contributed by atoms with Gasteiger partial charge >= 0.3 is 0 Å². The lowest BCUT2D eigenvalue weighted by Gasteiger charge is -2.26. The molecule has 1 aromatic carbocycles. The summed E-state index contributed by atoms with van der Waals surface area (Å²) in [5.74, 6) is -0.897. The van der Waals surface area contributed by atoms with Gasteiger partial charge in [-0.3, -0.25) is 19.4 Å². The zero-order chi connectivity index (χ0) is 25.4. The maximum absolute atomic E-state index is 12.9. The molecule has 2 aromatic heterocycles. The average Bonchev–Trinajstić information content (AvgIpc) is 3.25. The van der Waals surface area contributed by atoms with Crippen LogP contribution in [0.1, 0.15) is 35.6 Å². The van der Waals surface area contributed by atoms with Crippen LogP contribution in [0.3, 0.4) is 0 Å². The number of benzene rings is 1. The Bertz CT molecular complexity index is 1190. The van der Waals surface area contributed by atoms with Crippen LogP contribution in [0.2, 0.25) is 10.0 Å². The number of carbonyl (C=O) groups excluding carboxylic acids is 3. The Hall–Kier alpha value is -3.01. The van der Waals surface area contributed by atoms with Crippen molar-refractivity contribution < 1.29 is 14.4 Å². The molecule has 0 saturated heterocycles. The molecule has 0 atom stereocenters. The first-order chi connectivity index (χ1) is 16.7. The lowest BCUT2D eigenvalue weighted by Crippen LogP contribution is -2.42. The summed E-state index contributed by atoms with van der Waals surface area (Å²) in [6, 6.07) is 10.0. The summed E-state index contributed by atoms with van der Waals surface area (Å²) < 4.78 is 0. The second-order valence-corrected chi connectivity index (χ2v) is 9.62. The van der Waals surface area contributed by atoms with Gasteiger partial charge in [0.25, 0.3) is 5.91 Å². The fourth-order valence-electron chi connectivity index (χ4n) is 3.15. The molecule has 3 aromatic rings. The number of halogens is 2. The second kappa shape index (κ2) is 12.6. The molecule has 0 aliphatic rings. The molecule has 8 nitrogen and oxygen atoms in total. The molecule has 0 aliphatic heterocycles. The molecule has 3 rings (SSSR count). The molecule has 0 radical (unpaired) electrons. The van der Waals surface area contributed by atoms with Gasteiger partial charge in [0.15, 0.2) is 5.13 Å². The van der Waals surface area contributed by atoms with Crippen molar-refractivity contribution in [1.82, 2.24) is 20.2 Å². The van der Waals surface area contributed by atoms with Gasteiger partial charge in [-0.2, -0.15) is 0 Å². The van der Waals surface area contributed by atoms with E-state index in [9.17, 15) is 14.4 Å². The lowest BCUT2D eigenvalue weighted by atomic mass is 10.1. The molecular formula is C24H25Cl2N5O3S. The minimum absolute atomic E-state index is 0.0997. The van der Waals surface area contributed by atoms with E-state index < -0.39 is 5.91 Å². The normalized spacial score (nSPS) is 10.8. The smallest absolute Gasteiger partial charge is 0.254 e. The quantitative estimate of drug-likeness (QED) is 0.405. The molecule has 35 heavy (non-hydrogen) atoms. The second-order valence-electron chi connectivity index (χ2n) is 7.95. The number of nitrogens with one attached hydrogen (secondary N) is 2. The van der Waals surface area contributed by atoms with Crippen LogP contribution in [0.15, 0.2) is 48.0 Å². The van der Waals surface area contributed by atoms with E-state index >= 15 is 0 Å². The van der Waals surface area contributed by atoms with Crippen LogP contribution in [0.25, 0.3) is 0 Å². The number of aromatic nitrogens is 2. The topological polar surface area (TPSA) is 104 Å². The Kier molecular flexibility index (Phi) is 9.59. The molecule has 2 heterocycles. The van der Waals surface area contributed by atoms with E-state index in [1.165, 1.54) is 22.3 Å². The van der Waals surface area contributed by atoms with Crippen molar-refractivity contribution in [2.45, 2.75) is 32.7 Å². The Labute approximate surface area is 217 Å². The number of carbonyl (C=O) groups is 3. The fraction of sp³-hybridized carbons (Fsp3) is 0.292. The lowest BCUT2D eigenvalue weighted by molar-refractivity contribution is -0.120. The maximum Gasteiger partial charge on any atom is 0.254 e. The van der Waals surface area contributed by atoms with E-state index in [4.69, 9.17) is 23.2 Å². The molecule has 0 spiro atoms. The zero-order valence-corrected chi connectivity index (χ0v) is 21.6. The Morgan fingerprint density at radius 1 is 1.06 bits per heavy atom. The largest absolute Gasteiger partial charge is 0.355 e. The van der Waals surface area contributed by atoms with Crippen molar-refractivity contribution in [3.63, 3.8) is 0 Å². The molecule has 0 fully saturated rings. The first-order valence-electron chi connectivity index (χ1n) is 10.9. The number of anilines is 1. The Morgan fingerprint density at radius 2 is 1.86 bits per heavy atom. The van der Waals surface area contributed by atoms with E-state index in [2.05, 4.69) is 20.6 Å². The van der Waals surface area contributed by atoms with Crippen molar-refractivity contribution in [3.8, 4) is 0 Å². The summed E-state index contributed by atoms with van der Waals surface area (Å²) in [4.78, 5) is 47.7. The molecule has 0 aliphatic carbocycles.